The Morgan fingerprint density at radius 3 is 2.94 bits per heavy atom. The molecule has 0 aliphatic heterocycles. The summed E-state index contributed by atoms with van der Waals surface area (Å²) < 4.78 is 0. The van der Waals surface area contributed by atoms with E-state index < -0.39 is 0 Å². The van der Waals surface area contributed by atoms with Gasteiger partial charge in [-0.25, -0.2) is 9.97 Å². The van der Waals surface area contributed by atoms with Crippen molar-refractivity contribution < 1.29 is 0 Å². The molecule has 3 aromatic rings. The zero-order valence-corrected chi connectivity index (χ0v) is 9.09. The molecule has 0 saturated carbocycles. The van der Waals surface area contributed by atoms with Gasteiger partial charge < -0.3 is 10.7 Å². The molecule has 5 heteroatoms. The van der Waals surface area contributed by atoms with Gasteiger partial charge in [0.2, 0.25) is 0 Å². The monoisotopic (exact) mass is 225 g/mol. The van der Waals surface area contributed by atoms with Crippen LogP contribution in [0.4, 0.5) is 5.82 Å². The van der Waals surface area contributed by atoms with E-state index in [1.807, 2.05) is 24.3 Å². The third-order valence-electron chi connectivity index (χ3n) is 2.56. The Morgan fingerprint density at radius 2 is 2.12 bits per heavy atom. The number of nitrogen functional groups attached to an aromatic ring is 1. The molecule has 84 valence electrons. The summed E-state index contributed by atoms with van der Waals surface area (Å²) in [5, 5.41) is 0.856. The predicted octanol–water partition coefficient (Wildman–Crippen LogP) is 1.53. The van der Waals surface area contributed by atoms with Gasteiger partial charge in [0.15, 0.2) is 0 Å². The normalized spacial score (nSPS) is 10.8. The topological polar surface area (TPSA) is 80.5 Å². The Bertz CT molecular complexity index is 644. The predicted molar refractivity (Wildman–Crippen MR) is 65.3 cm³/mol. The van der Waals surface area contributed by atoms with E-state index in [0.717, 1.165) is 16.7 Å². The van der Waals surface area contributed by atoms with Crippen LogP contribution >= 0.6 is 0 Å². The molecule has 0 bridgehead atoms. The number of aromatic nitrogens is 4. The van der Waals surface area contributed by atoms with E-state index in [1.165, 1.54) is 0 Å². The van der Waals surface area contributed by atoms with Gasteiger partial charge in [0.1, 0.15) is 17.3 Å². The number of H-pyrrole nitrogens is 1. The lowest BCUT2D eigenvalue weighted by Gasteiger charge is -2.02. The third kappa shape index (κ3) is 1.82. The van der Waals surface area contributed by atoms with Crippen molar-refractivity contribution in [2.24, 2.45) is 0 Å². The van der Waals surface area contributed by atoms with Crippen molar-refractivity contribution in [2.45, 2.75) is 6.42 Å². The second-order valence-corrected chi connectivity index (χ2v) is 3.76. The molecule has 0 amide bonds. The third-order valence-corrected chi connectivity index (χ3v) is 2.56. The van der Waals surface area contributed by atoms with Crippen LogP contribution in [0.1, 0.15) is 11.5 Å². The fraction of sp³-hybridized carbons (Fsp3) is 0.0833. The molecule has 0 spiro atoms. The number of nitrogens with one attached hydrogen (secondary N) is 1. The summed E-state index contributed by atoms with van der Waals surface area (Å²) in [6, 6.07) is 7.64. The van der Waals surface area contributed by atoms with Crippen molar-refractivity contribution in [1.29, 1.82) is 0 Å². The molecule has 0 atom stereocenters. The van der Waals surface area contributed by atoms with Gasteiger partial charge in [-0.15, -0.1) is 0 Å². The molecular formula is C12H11N5. The second-order valence-electron chi connectivity index (χ2n) is 3.76. The van der Waals surface area contributed by atoms with Crippen molar-refractivity contribution in [3.63, 3.8) is 0 Å². The number of fused-ring (bicyclic) bond motifs is 1. The number of rotatable bonds is 2. The number of nitrogens with zero attached hydrogens (tertiary/aromatic N) is 3. The lowest BCUT2D eigenvalue weighted by molar-refractivity contribution is 0.954. The molecule has 3 rings (SSSR count). The Labute approximate surface area is 97.7 Å². The minimum Gasteiger partial charge on any atom is -0.383 e. The fourth-order valence-corrected chi connectivity index (χ4v) is 1.76. The molecule has 0 unspecified atom stereocenters. The van der Waals surface area contributed by atoms with E-state index in [4.69, 9.17) is 5.73 Å². The number of anilines is 1. The summed E-state index contributed by atoms with van der Waals surface area (Å²) in [7, 11) is 0. The minimum absolute atomic E-state index is 0.502. The molecule has 0 aromatic carbocycles. The zero-order valence-electron chi connectivity index (χ0n) is 9.09. The summed E-state index contributed by atoms with van der Waals surface area (Å²) >= 11 is 0. The van der Waals surface area contributed by atoms with Crippen molar-refractivity contribution >= 4 is 16.9 Å². The SMILES string of the molecule is Nc1nc(Cc2ccccn2)nc2[nH]ccc12. The highest BCUT2D eigenvalue weighted by Crippen LogP contribution is 2.16. The van der Waals surface area contributed by atoms with Gasteiger partial charge >= 0.3 is 0 Å². The smallest absolute Gasteiger partial charge is 0.143 e. The van der Waals surface area contributed by atoms with E-state index in [-0.39, 0.29) is 0 Å². The molecule has 0 saturated heterocycles. The lowest BCUT2D eigenvalue weighted by atomic mass is 10.2. The van der Waals surface area contributed by atoms with E-state index in [1.54, 1.807) is 12.4 Å². The average molecular weight is 225 g/mol. The molecule has 17 heavy (non-hydrogen) atoms. The number of hydrogen-bond acceptors (Lipinski definition) is 4. The lowest BCUT2D eigenvalue weighted by Crippen LogP contribution is -2.02. The Hall–Kier alpha value is -2.43. The van der Waals surface area contributed by atoms with Gasteiger partial charge in [0.05, 0.1) is 11.8 Å². The van der Waals surface area contributed by atoms with E-state index in [9.17, 15) is 0 Å². The van der Waals surface area contributed by atoms with Crippen LogP contribution in [-0.4, -0.2) is 19.9 Å². The summed E-state index contributed by atoms with van der Waals surface area (Å²) in [5.41, 5.74) is 7.56. The summed E-state index contributed by atoms with van der Waals surface area (Å²) in [5.74, 6) is 1.18. The maximum Gasteiger partial charge on any atom is 0.143 e. The van der Waals surface area contributed by atoms with Gasteiger partial charge in [0, 0.05) is 18.1 Å². The zero-order chi connectivity index (χ0) is 11.7. The first kappa shape index (κ1) is 9.77. The summed E-state index contributed by atoms with van der Waals surface area (Å²) in [6.07, 6.45) is 4.14. The molecule has 5 nitrogen and oxygen atoms in total. The van der Waals surface area contributed by atoms with E-state index in [0.29, 0.717) is 18.1 Å². The van der Waals surface area contributed by atoms with E-state index >= 15 is 0 Å². The quantitative estimate of drug-likeness (QED) is 0.693. The van der Waals surface area contributed by atoms with Crippen molar-refractivity contribution in [3.8, 4) is 0 Å². The fourth-order valence-electron chi connectivity index (χ4n) is 1.76. The average Bonchev–Trinajstić information content (AvgIpc) is 2.79. The molecular weight excluding hydrogens is 214 g/mol. The first-order valence-corrected chi connectivity index (χ1v) is 5.32. The first-order chi connectivity index (χ1) is 8.33. The highest BCUT2D eigenvalue weighted by Gasteiger charge is 2.06. The first-order valence-electron chi connectivity index (χ1n) is 5.32. The molecule has 0 radical (unpaired) electrons. The largest absolute Gasteiger partial charge is 0.383 e. The van der Waals surface area contributed by atoms with Crippen LogP contribution in [0.25, 0.3) is 11.0 Å². The van der Waals surface area contributed by atoms with Crippen LogP contribution in [0, 0.1) is 0 Å². The summed E-state index contributed by atoms with van der Waals surface area (Å²) in [6.45, 7) is 0. The van der Waals surface area contributed by atoms with Gasteiger partial charge in [-0.1, -0.05) is 6.07 Å². The van der Waals surface area contributed by atoms with Crippen molar-refractivity contribution in [2.75, 3.05) is 5.73 Å². The highest BCUT2D eigenvalue weighted by molar-refractivity contribution is 5.85. The van der Waals surface area contributed by atoms with Gasteiger partial charge in [0.25, 0.3) is 0 Å². The summed E-state index contributed by atoms with van der Waals surface area (Å²) in [4.78, 5) is 16.0. The molecule has 3 heterocycles. The van der Waals surface area contributed by atoms with Crippen LogP contribution < -0.4 is 5.73 Å². The number of hydrogen-bond donors (Lipinski definition) is 2. The number of pyridine rings is 1. The number of aromatic amines is 1. The minimum atomic E-state index is 0.502. The van der Waals surface area contributed by atoms with Gasteiger partial charge in [-0.3, -0.25) is 4.98 Å². The highest BCUT2D eigenvalue weighted by atomic mass is 15.0. The van der Waals surface area contributed by atoms with Gasteiger partial charge in [-0.05, 0) is 18.2 Å². The molecule has 0 aliphatic rings. The Balaban J connectivity index is 2.01. The maximum absolute atomic E-state index is 5.86. The molecule has 0 aliphatic carbocycles. The van der Waals surface area contributed by atoms with Crippen molar-refractivity contribution in [1.82, 2.24) is 19.9 Å². The molecule has 3 N–H and O–H groups in total. The number of nitrogens with two attached hydrogens (primary N) is 1. The van der Waals surface area contributed by atoms with Crippen LogP contribution in [0.15, 0.2) is 36.7 Å². The van der Waals surface area contributed by atoms with Crippen molar-refractivity contribution in [3.05, 3.63) is 48.2 Å². The standard InChI is InChI=1S/C12H11N5/c13-11-9-4-6-15-12(9)17-10(16-11)7-8-3-1-2-5-14-8/h1-6H,7H2,(H3,13,15,16,17). The molecule has 3 aromatic heterocycles. The van der Waals surface area contributed by atoms with Gasteiger partial charge in [-0.2, -0.15) is 0 Å². The Morgan fingerprint density at radius 1 is 1.18 bits per heavy atom. The maximum atomic E-state index is 5.86. The Kier molecular flexibility index (Phi) is 2.22. The second kappa shape index (κ2) is 3.86. The molecule has 0 fully saturated rings. The van der Waals surface area contributed by atoms with Crippen LogP contribution in [0.5, 0.6) is 0 Å². The van der Waals surface area contributed by atoms with E-state index in [2.05, 4.69) is 19.9 Å². The van der Waals surface area contributed by atoms with Crippen LogP contribution in [0.2, 0.25) is 0 Å². The van der Waals surface area contributed by atoms with Crippen LogP contribution in [0.3, 0.4) is 0 Å². The van der Waals surface area contributed by atoms with Crippen LogP contribution in [-0.2, 0) is 6.42 Å².